The Morgan fingerprint density at radius 3 is 2.17 bits per heavy atom. The number of carbonyl (C=O) groups excluding carboxylic acids is 2. The fourth-order valence-corrected chi connectivity index (χ4v) is 2.13. The molecule has 5 heteroatoms. The van der Waals surface area contributed by atoms with E-state index in [0.717, 1.165) is 0 Å². The third-order valence-corrected chi connectivity index (χ3v) is 2.88. The van der Waals surface area contributed by atoms with Crippen LogP contribution < -0.4 is 0 Å². The number of hydrogen-bond acceptors (Lipinski definition) is 3. The van der Waals surface area contributed by atoms with Crippen molar-refractivity contribution in [2.45, 2.75) is 20.3 Å². The van der Waals surface area contributed by atoms with Gasteiger partial charge in [0.25, 0.3) is 0 Å². The van der Waals surface area contributed by atoms with Crippen LogP contribution in [0.1, 0.15) is 30.6 Å². The maximum Gasteiger partial charge on any atom is 0.316 e. The fourth-order valence-electron chi connectivity index (χ4n) is 1.60. The largest absolute Gasteiger partial charge is 0.465 e. The van der Waals surface area contributed by atoms with E-state index in [1.165, 1.54) is 18.2 Å². The summed E-state index contributed by atoms with van der Waals surface area (Å²) in [6.07, 6.45) is 0.377. The molecule has 0 aromatic heterocycles. The minimum absolute atomic E-state index is 0.249. The summed E-state index contributed by atoms with van der Waals surface area (Å²) in [7, 11) is 0. The zero-order valence-electron chi connectivity index (χ0n) is 10.2. The van der Waals surface area contributed by atoms with Crippen LogP contribution in [0.15, 0.2) is 18.2 Å². The highest BCUT2D eigenvalue weighted by Crippen LogP contribution is 2.22. The van der Waals surface area contributed by atoms with Crippen molar-refractivity contribution in [2.24, 2.45) is 5.92 Å². The van der Waals surface area contributed by atoms with E-state index in [2.05, 4.69) is 0 Å². The van der Waals surface area contributed by atoms with Crippen molar-refractivity contribution in [1.82, 2.24) is 0 Å². The molecule has 0 aliphatic rings. The predicted octanol–water partition coefficient (Wildman–Crippen LogP) is 3.77. The molecule has 0 saturated carbocycles. The Hall–Kier alpha value is -1.06. The van der Waals surface area contributed by atoms with Gasteiger partial charge in [0.05, 0.1) is 6.61 Å². The van der Waals surface area contributed by atoms with Crippen LogP contribution in [0, 0.1) is 5.92 Å². The molecule has 0 aliphatic heterocycles. The highest BCUT2D eigenvalue weighted by Gasteiger charge is 2.27. The van der Waals surface area contributed by atoms with E-state index in [-0.39, 0.29) is 12.4 Å². The second kappa shape index (κ2) is 6.76. The average molecular weight is 289 g/mol. The summed E-state index contributed by atoms with van der Waals surface area (Å²) in [5.74, 6) is -1.64. The summed E-state index contributed by atoms with van der Waals surface area (Å²) in [5.41, 5.74) is 0.326. The SMILES string of the molecule is CCOC(=O)C(CC)C(=O)c1cc(Cl)cc(Cl)c1. The molecule has 1 rings (SSSR count). The molecule has 0 heterocycles. The summed E-state index contributed by atoms with van der Waals surface area (Å²) >= 11 is 11.7. The highest BCUT2D eigenvalue weighted by atomic mass is 35.5. The first-order valence-electron chi connectivity index (χ1n) is 5.66. The van der Waals surface area contributed by atoms with Gasteiger partial charge in [-0.2, -0.15) is 0 Å². The summed E-state index contributed by atoms with van der Waals surface area (Å²) < 4.78 is 4.87. The first kappa shape index (κ1) is 15.0. The zero-order chi connectivity index (χ0) is 13.7. The van der Waals surface area contributed by atoms with E-state index in [0.29, 0.717) is 22.0 Å². The van der Waals surface area contributed by atoms with Gasteiger partial charge in [-0.3, -0.25) is 9.59 Å². The Morgan fingerprint density at radius 2 is 1.72 bits per heavy atom. The quantitative estimate of drug-likeness (QED) is 0.471. The number of carbonyl (C=O) groups is 2. The van der Waals surface area contributed by atoms with Gasteiger partial charge in [-0.05, 0) is 31.5 Å². The van der Waals surface area contributed by atoms with E-state index in [4.69, 9.17) is 27.9 Å². The topological polar surface area (TPSA) is 43.4 Å². The number of benzene rings is 1. The van der Waals surface area contributed by atoms with Crippen LogP contribution in [0.4, 0.5) is 0 Å². The van der Waals surface area contributed by atoms with Gasteiger partial charge < -0.3 is 4.74 Å². The summed E-state index contributed by atoms with van der Waals surface area (Å²) in [6.45, 7) is 3.70. The molecule has 1 unspecified atom stereocenters. The van der Waals surface area contributed by atoms with Crippen LogP contribution in [0.5, 0.6) is 0 Å². The molecule has 1 aromatic carbocycles. The van der Waals surface area contributed by atoms with Crippen molar-refractivity contribution in [1.29, 1.82) is 0 Å². The van der Waals surface area contributed by atoms with Crippen molar-refractivity contribution < 1.29 is 14.3 Å². The molecule has 0 bridgehead atoms. The number of ether oxygens (including phenoxy) is 1. The van der Waals surface area contributed by atoms with E-state index < -0.39 is 11.9 Å². The fraction of sp³-hybridized carbons (Fsp3) is 0.385. The maximum absolute atomic E-state index is 12.2. The monoisotopic (exact) mass is 288 g/mol. The molecule has 1 aromatic rings. The Morgan fingerprint density at radius 1 is 1.17 bits per heavy atom. The molecule has 18 heavy (non-hydrogen) atoms. The van der Waals surface area contributed by atoms with Gasteiger partial charge in [0.2, 0.25) is 0 Å². The molecular weight excluding hydrogens is 275 g/mol. The molecule has 0 radical (unpaired) electrons. The normalized spacial score (nSPS) is 12.0. The lowest BCUT2D eigenvalue weighted by Gasteiger charge is -2.12. The van der Waals surface area contributed by atoms with Crippen molar-refractivity contribution in [3.05, 3.63) is 33.8 Å². The molecule has 0 fully saturated rings. The van der Waals surface area contributed by atoms with Crippen LogP contribution in [-0.4, -0.2) is 18.4 Å². The molecule has 98 valence electrons. The van der Waals surface area contributed by atoms with Crippen molar-refractivity contribution in [3.63, 3.8) is 0 Å². The molecule has 0 saturated heterocycles. The van der Waals surface area contributed by atoms with E-state index in [1.807, 2.05) is 0 Å². The predicted molar refractivity (Wildman–Crippen MR) is 71.2 cm³/mol. The first-order chi connectivity index (χ1) is 8.49. The first-order valence-corrected chi connectivity index (χ1v) is 6.42. The summed E-state index contributed by atoms with van der Waals surface area (Å²) in [5, 5.41) is 0.731. The van der Waals surface area contributed by atoms with Crippen LogP contribution in [0.3, 0.4) is 0 Å². The van der Waals surface area contributed by atoms with Crippen LogP contribution in [0.2, 0.25) is 10.0 Å². The second-order valence-electron chi connectivity index (χ2n) is 3.74. The lowest BCUT2D eigenvalue weighted by atomic mass is 9.95. The number of halogens is 2. The van der Waals surface area contributed by atoms with Crippen molar-refractivity contribution in [3.8, 4) is 0 Å². The van der Waals surface area contributed by atoms with Crippen molar-refractivity contribution >= 4 is 35.0 Å². The second-order valence-corrected chi connectivity index (χ2v) is 4.61. The number of rotatable bonds is 5. The van der Waals surface area contributed by atoms with E-state index in [1.54, 1.807) is 13.8 Å². The smallest absolute Gasteiger partial charge is 0.316 e. The van der Waals surface area contributed by atoms with Crippen molar-refractivity contribution in [2.75, 3.05) is 6.61 Å². The van der Waals surface area contributed by atoms with Gasteiger partial charge >= 0.3 is 5.97 Å². The molecule has 0 spiro atoms. The minimum Gasteiger partial charge on any atom is -0.465 e. The van der Waals surface area contributed by atoms with E-state index >= 15 is 0 Å². The molecule has 0 N–H and O–H groups in total. The van der Waals surface area contributed by atoms with Gasteiger partial charge in [0.1, 0.15) is 5.92 Å². The Labute approximate surface area is 116 Å². The number of esters is 1. The molecule has 1 atom stereocenters. The standard InChI is InChI=1S/C13H14Cl2O3/c1-3-11(13(17)18-4-2)12(16)8-5-9(14)7-10(15)6-8/h5-7,11H,3-4H2,1-2H3. The number of ketones is 1. The van der Waals surface area contributed by atoms with Gasteiger partial charge in [-0.25, -0.2) is 0 Å². The molecule has 3 nitrogen and oxygen atoms in total. The van der Waals surface area contributed by atoms with Crippen LogP contribution >= 0.6 is 23.2 Å². The average Bonchev–Trinajstić information content (AvgIpc) is 2.28. The number of Topliss-reactive ketones (excluding diaryl/α,β-unsaturated/α-hetero) is 1. The third-order valence-electron chi connectivity index (χ3n) is 2.44. The molecular formula is C13H14Cl2O3. The highest BCUT2D eigenvalue weighted by molar-refractivity contribution is 6.35. The maximum atomic E-state index is 12.2. The lowest BCUT2D eigenvalue weighted by molar-refractivity contribution is -0.146. The van der Waals surface area contributed by atoms with Gasteiger partial charge in [-0.1, -0.05) is 30.1 Å². The lowest BCUT2D eigenvalue weighted by Crippen LogP contribution is -2.25. The van der Waals surface area contributed by atoms with Crippen LogP contribution in [-0.2, 0) is 9.53 Å². The van der Waals surface area contributed by atoms with Gasteiger partial charge in [0, 0.05) is 15.6 Å². The molecule has 0 aliphatic carbocycles. The molecule has 0 amide bonds. The minimum atomic E-state index is -0.806. The Balaban J connectivity index is 2.99. The summed E-state index contributed by atoms with van der Waals surface area (Å²) in [6, 6.07) is 4.53. The third kappa shape index (κ3) is 3.72. The summed E-state index contributed by atoms with van der Waals surface area (Å²) in [4.78, 5) is 23.8. The van der Waals surface area contributed by atoms with Gasteiger partial charge in [0.15, 0.2) is 5.78 Å². The Bertz CT molecular complexity index is 437. The van der Waals surface area contributed by atoms with Gasteiger partial charge in [-0.15, -0.1) is 0 Å². The van der Waals surface area contributed by atoms with Crippen LogP contribution in [0.25, 0.3) is 0 Å². The number of hydrogen-bond donors (Lipinski definition) is 0. The van der Waals surface area contributed by atoms with E-state index in [9.17, 15) is 9.59 Å². The zero-order valence-corrected chi connectivity index (χ0v) is 11.7. The Kier molecular flexibility index (Phi) is 5.63.